The van der Waals surface area contributed by atoms with Gasteiger partial charge in [0.25, 0.3) is 0 Å². The van der Waals surface area contributed by atoms with Gasteiger partial charge >= 0.3 is 11.9 Å². The summed E-state index contributed by atoms with van der Waals surface area (Å²) in [6.45, 7) is 0.331. The summed E-state index contributed by atoms with van der Waals surface area (Å²) in [5.41, 5.74) is 1.64. The predicted octanol–water partition coefficient (Wildman–Crippen LogP) is 4.95. The summed E-state index contributed by atoms with van der Waals surface area (Å²) in [5, 5.41) is 1.19. The summed E-state index contributed by atoms with van der Waals surface area (Å²) in [4.78, 5) is 23.4. The molecule has 0 bridgehead atoms. The van der Waals surface area contributed by atoms with E-state index >= 15 is 0 Å². The van der Waals surface area contributed by atoms with Crippen molar-refractivity contribution in [2.24, 2.45) is 0 Å². The topological polar surface area (TPSA) is 52.6 Å². The van der Waals surface area contributed by atoms with Crippen molar-refractivity contribution in [1.29, 1.82) is 0 Å². The Morgan fingerprint density at radius 1 is 0.760 bits per heavy atom. The molecule has 0 spiro atoms. The van der Waals surface area contributed by atoms with E-state index in [1.807, 2.05) is 12.1 Å². The lowest BCUT2D eigenvalue weighted by atomic mass is 10.2. The summed E-state index contributed by atoms with van der Waals surface area (Å²) in [6.07, 6.45) is 0.697. The number of rotatable bonds is 8. The highest BCUT2D eigenvalue weighted by Gasteiger charge is 2.08. The molecule has 2 aromatic rings. The molecule has 0 radical (unpaired) electrons. The van der Waals surface area contributed by atoms with Crippen LogP contribution in [0.3, 0.4) is 0 Å². The summed E-state index contributed by atoms with van der Waals surface area (Å²) in [6, 6.07) is 14.2. The van der Waals surface area contributed by atoms with Crippen LogP contribution in [0.2, 0.25) is 10.0 Å². The van der Waals surface area contributed by atoms with Gasteiger partial charge in [-0.05, 0) is 41.8 Å². The zero-order valence-corrected chi connectivity index (χ0v) is 15.1. The second-order valence-corrected chi connectivity index (χ2v) is 6.31. The van der Waals surface area contributed by atoms with Crippen molar-refractivity contribution >= 4 is 35.1 Å². The van der Waals surface area contributed by atoms with Crippen molar-refractivity contribution in [2.45, 2.75) is 32.5 Å². The molecule has 2 aromatic carbocycles. The number of ether oxygens (including phenoxy) is 2. The normalized spacial score (nSPS) is 10.3. The summed E-state index contributed by atoms with van der Waals surface area (Å²) >= 11 is 11.7. The van der Waals surface area contributed by atoms with Gasteiger partial charge in [-0.1, -0.05) is 47.5 Å². The van der Waals surface area contributed by atoms with Crippen LogP contribution in [0.5, 0.6) is 0 Å². The SMILES string of the molecule is O=C(CCCC(=O)OCc1cccc(Cl)c1)OCc1cccc(Cl)c1. The van der Waals surface area contributed by atoms with Gasteiger partial charge in [0.05, 0.1) is 0 Å². The van der Waals surface area contributed by atoms with Crippen LogP contribution in [0.4, 0.5) is 0 Å². The number of carbonyl (C=O) groups is 2. The van der Waals surface area contributed by atoms with Gasteiger partial charge in [-0.15, -0.1) is 0 Å². The Balaban J connectivity index is 1.61. The fraction of sp³-hybridized carbons (Fsp3) is 0.263. The molecule has 0 saturated heterocycles. The Bertz CT molecular complexity index is 669. The third kappa shape index (κ3) is 7.59. The lowest BCUT2D eigenvalue weighted by Gasteiger charge is -2.06. The molecule has 0 aliphatic heterocycles. The lowest BCUT2D eigenvalue weighted by molar-refractivity contribution is -0.146. The van der Waals surface area contributed by atoms with E-state index in [0.29, 0.717) is 16.5 Å². The maximum Gasteiger partial charge on any atom is 0.306 e. The van der Waals surface area contributed by atoms with Crippen LogP contribution in [0.1, 0.15) is 30.4 Å². The molecular weight excluding hydrogens is 363 g/mol. The molecule has 0 saturated carbocycles. The molecule has 0 aliphatic carbocycles. The first-order valence-electron chi connectivity index (χ1n) is 7.83. The summed E-state index contributed by atoms with van der Waals surface area (Å²) < 4.78 is 10.3. The molecule has 0 amide bonds. The van der Waals surface area contributed by atoms with Crippen molar-refractivity contribution in [2.75, 3.05) is 0 Å². The van der Waals surface area contributed by atoms with Gasteiger partial charge < -0.3 is 9.47 Å². The Morgan fingerprint density at radius 3 is 1.60 bits per heavy atom. The van der Waals surface area contributed by atoms with Crippen LogP contribution in [-0.2, 0) is 32.3 Å². The Labute approximate surface area is 156 Å². The van der Waals surface area contributed by atoms with Gasteiger partial charge in [0, 0.05) is 22.9 Å². The van der Waals surface area contributed by atoms with E-state index < -0.39 is 0 Å². The maximum atomic E-state index is 11.7. The molecule has 25 heavy (non-hydrogen) atoms. The fourth-order valence-electron chi connectivity index (χ4n) is 2.10. The van der Waals surface area contributed by atoms with Crippen molar-refractivity contribution in [3.8, 4) is 0 Å². The minimum Gasteiger partial charge on any atom is -0.461 e. The Hall–Kier alpha value is -2.04. The molecule has 0 aliphatic rings. The third-order valence-corrected chi connectivity index (χ3v) is 3.81. The molecule has 0 atom stereocenters. The first kappa shape index (κ1) is 19.3. The van der Waals surface area contributed by atoms with E-state index in [4.69, 9.17) is 32.7 Å². The largest absolute Gasteiger partial charge is 0.461 e. The van der Waals surface area contributed by atoms with E-state index in [9.17, 15) is 9.59 Å². The first-order valence-corrected chi connectivity index (χ1v) is 8.58. The Kier molecular flexibility index (Phi) is 7.76. The smallest absolute Gasteiger partial charge is 0.306 e. The standard InChI is InChI=1S/C19H18Cl2O4/c20-16-6-1-4-14(10-16)12-24-18(22)8-3-9-19(23)25-13-15-5-2-7-17(21)11-15/h1-2,4-7,10-11H,3,8-9,12-13H2. The fourth-order valence-corrected chi connectivity index (χ4v) is 2.53. The van der Waals surface area contributed by atoms with Crippen LogP contribution < -0.4 is 0 Å². The van der Waals surface area contributed by atoms with E-state index in [1.54, 1.807) is 36.4 Å². The van der Waals surface area contributed by atoms with Gasteiger partial charge in [0.15, 0.2) is 0 Å². The Morgan fingerprint density at radius 2 is 1.20 bits per heavy atom. The highest BCUT2D eigenvalue weighted by atomic mass is 35.5. The zero-order chi connectivity index (χ0) is 18.1. The maximum absolute atomic E-state index is 11.7. The number of carbonyl (C=O) groups excluding carboxylic acids is 2. The highest BCUT2D eigenvalue weighted by Crippen LogP contribution is 2.13. The van der Waals surface area contributed by atoms with Crippen molar-refractivity contribution in [3.63, 3.8) is 0 Å². The van der Waals surface area contributed by atoms with Gasteiger partial charge in [-0.2, -0.15) is 0 Å². The van der Waals surface area contributed by atoms with Crippen LogP contribution in [0, 0.1) is 0 Å². The third-order valence-electron chi connectivity index (χ3n) is 3.34. The van der Waals surface area contributed by atoms with Gasteiger partial charge in [0.2, 0.25) is 0 Å². The van der Waals surface area contributed by atoms with Crippen molar-refractivity contribution in [3.05, 3.63) is 69.7 Å². The van der Waals surface area contributed by atoms with Crippen LogP contribution >= 0.6 is 23.2 Å². The zero-order valence-electron chi connectivity index (χ0n) is 13.5. The molecule has 0 unspecified atom stereocenters. The van der Waals surface area contributed by atoms with E-state index in [2.05, 4.69) is 0 Å². The number of benzene rings is 2. The predicted molar refractivity (Wildman–Crippen MR) is 96.3 cm³/mol. The molecule has 0 heterocycles. The van der Waals surface area contributed by atoms with Crippen LogP contribution in [-0.4, -0.2) is 11.9 Å². The van der Waals surface area contributed by atoms with E-state index in [0.717, 1.165) is 11.1 Å². The van der Waals surface area contributed by atoms with Crippen LogP contribution in [0.25, 0.3) is 0 Å². The number of hydrogen-bond acceptors (Lipinski definition) is 4. The van der Waals surface area contributed by atoms with E-state index in [-0.39, 0.29) is 38.0 Å². The molecule has 132 valence electrons. The molecular formula is C19H18Cl2O4. The molecule has 4 nitrogen and oxygen atoms in total. The second-order valence-electron chi connectivity index (χ2n) is 5.43. The average Bonchev–Trinajstić information content (AvgIpc) is 2.58. The molecule has 0 N–H and O–H groups in total. The van der Waals surface area contributed by atoms with Gasteiger partial charge in [0.1, 0.15) is 13.2 Å². The van der Waals surface area contributed by atoms with E-state index in [1.165, 1.54) is 0 Å². The minimum atomic E-state index is -0.359. The first-order chi connectivity index (χ1) is 12.0. The second kappa shape index (κ2) is 10.1. The summed E-state index contributed by atoms with van der Waals surface area (Å²) in [7, 11) is 0. The molecule has 0 fully saturated rings. The van der Waals surface area contributed by atoms with Gasteiger partial charge in [-0.25, -0.2) is 0 Å². The minimum absolute atomic E-state index is 0.160. The van der Waals surface area contributed by atoms with Gasteiger partial charge in [-0.3, -0.25) is 9.59 Å². The van der Waals surface area contributed by atoms with Crippen molar-refractivity contribution < 1.29 is 19.1 Å². The van der Waals surface area contributed by atoms with Crippen LogP contribution in [0.15, 0.2) is 48.5 Å². The molecule has 6 heteroatoms. The van der Waals surface area contributed by atoms with Crippen molar-refractivity contribution in [1.82, 2.24) is 0 Å². The molecule has 0 aromatic heterocycles. The number of halogens is 2. The molecule has 2 rings (SSSR count). The monoisotopic (exact) mass is 380 g/mol. The highest BCUT2D eigenvalue weighted by molar-refractivity contribution is 6.30. The number of hydrogen-bond donors (Lipinski definition) is 0. The quantitative estimate of drug-likeness (QED) is 0.607. The summed E-state index contributed by atoms with van der Waals surface area (Å²) in [5.74, 6) is -0.717. The lowest BCUT2D eigenvalue weighted by Crippen LogP contribution is -2.08. The average molecular weight is 381 g/mol. The number of esters is 2.